The Balaban J connectivity index is 1.98. The highest BCUT2D eigenvalue weighted by atomic mass is 32.2. The summed E-state index contributed by atoms with van der Waals surface area (Å²) in [7, 11) is -3.74. The molecule has 0 radical (unpaired) electrons. The van der Waals surface area contributed by atoms with Gasteiger partial charge in [0.1, 0.15) is 0 Å². The fourth-order valence-corrected chi connectivity index (χ4v) is 2.60. The lowest BCUT2D eigenvalue weighted by Crippen LogP contribution is -2.27. The number of aromatic amines is 1. The van der Waals surface area contributed by atoms with Gasteiger partial charge in [-0.25, -0.2) is 13.1 Å². The van der Waals surface area contributed by atoms with E-state index in [1.165, 1.54) is 6.20 Å². The van der Waals surface area contributed by atoms with Crippen LogP contribution in [0.2, 0.25) is 0 Å². The molecule has 0 saturated heterocycles. The van der Waals surface area contributed by atoms with Gasteiger partial charge in [-0.2, -0.15) is 10.1 Å². The van der Waals surface area contributed by atoms with Gasteiger partial charge in [0.05, 0.1) is 12.8 Å². The molecule has 19 heavy (non-hydrogen) atoms. The van der Waals surface area contributed by atoms with Gasteiger partial charge < -0.3 is 9.63 Å². The highest BCUT2D eigenvalue weighted by Crippen LogP contribution is 2.11. The highest BCUT2D eigenvalue weighted by Gasteiger charge is 2.20. The van der Waals surface area contributed by atoms with Gasteiger partial charge in [-0.15, -0.1) is 0 Å². The van der Waals surface area contributed by atoms with Crippen molar-refractivity contribution in [3.8, 4) is 0 Å². The van der Waals surface area contributed by atoms with E-state index in [9.17, 15) is 8.42 Å². The molecule has 0 atom stereocenters. The normalized spacial score (nSPS) is 11.9. The number of nitrogens with one attached hydrogen (secondary N) is 2. The van der Waals surface area contributed by atoms with Crippen LogP contribution in [0.5, 0.6) is 0 Å². The number of aryl methyl sites for hydroxylation is 1. The molecule has 0 saturated carbocycles. The Hall–Kier alpha value is -1.78. The second-order valence-corrected chi connectivity index (χ2v) is 5.47. The Morgan fingerprint density at radius 3 is 2.95 bits per heavy atom. The number of aliphatic hydroxyl groups excluding tert-OH is 1. The molecule has 0 bridgehead atoms. The molecule has 2 heterocycles. The monoisotopic (exact) mass is 287 g/mol. The lowest BCUT2D eigenvalue weighted by Gasteiger charge is -2.04. The highest BCUT2D eigenvalue weighted by molar-refractivity contribution is 7.89. The first kappa shape index (κ1) is 13.6. The van der Waals surface area contributed by atoms with Crippen LogP contribution in [0.25, 0.3) is 0 Å². The van der Waals surface area contributed by atoms with Crippen LogP contribution < -0.4 is 4.72 Å². The Kier molecular flexibility index (Phi) is 3.93. The number of sulfonamides is 1. The van der Waals surface area contributed by atoms with Crippen molar-refractivity contribution in [1.29, 1.82) is 0 Å². The summed E-state index contributed by atoms with van der Waals surface area (Å²) in [4.78, 5) is 3.95. The minimum absolute atomic E-state index is 0.105. The first-order chi connectivity index (χ1) is 9.03. The Morgan fingerprint density at radius 1 is 1.53 bits per heavy atom. The van der Waals surface area contributed by atoms with Gasteiger partial charge in [0.15, 0.2) is 10.9 Å². The standard InChI is InChI=1S/C9H13N5O4S/c1-6-12-8(18-14-6)2-3-11-19(16,17)9-7(5-15)4-10-13-9/h4,11,15H,2-3,5H2,1H3,(H,10,13). The van der Waals surface area contributed by atoms with Gasteiger partial charge in [0.25, 0.3) is 10.0 Å². The molecule has 10 heteroatoms. The van der Waals surface area contributed by atoms with Crippen LogP contribution >= 0.6 is 0 Å². The molecule has 104 valence electrons. The van der Waals surface area contributed by atoms with Gasteiger partial charge in [0, 0.05) is 18.5 Å². The first-order valence-corrected chi connectivity index (χ1v) is 6.93. The zero-order valence-corrected chi connectivity index (χ0v) is 10.9. The summed E-state index contributed by atoms with van der Waals surface area (Å²) < 4.78 is 31.0. The van der Waals surface area contributed by atoms with E-state index in [0.29, 0.717) is 11.7 Å². The fourth-order valence-electron chi connectivity index (χ4n) is 1.45. The molecular weight excluding hydrogens is 274 g/mol. The van der Waals surface area contributed by atoms with Gasteiger partial charge in [-0.3, -0.25) is 5.10 Å². The third-order valence-electron chi connectivity index (χ3n) is 2.32. The molecule has 0 fully saturated rings. The molecule has 0 aliphatic rings. The molecule has 0 aliphatic heterocycles. The molecule has 0 unspecified atom stereocenters. The first-order valence-electron chi connectivity index (χ1n) is 5.45. The molecule has 9 nitrogen and oxygen atoms in total. The summed E-state index contributed by atoms with van der Waals surface area (Å²) >= 11 is 0. The van der Waals surface area contributed by atoms with Crippen LogP contribution in [0.15, 0.2) is 15.7 Å². The lowest BCUT2D eigenvalue weighted by atomic mass is 10.4. The van der Waals surface area contributed by atoms with Crippen molar-refractivity contribution in [1.82, 2.24) is 25.1 Å². The molecular formula is C9H13N5O4S. The maximum absolute atomic E-state index is 11.9. The summed E-state index contributed by atoms with van der Waals surface area (Å²) in [5, 5.41) is 18.4. The summed E-state index contributed by atoms with van der Waals surface area (Å²) in [6, 6.07) is 0. The Bertz CT molecular complexity index is 647. The summed E-state index contributed by atoms with van der Waals surface area (Å²) in [5.41, 5.74) is 0.209. The third kappa shape index (κ3) is 3.16. The van der Waals surface area contributed by atoms with Crippen LogP contribution in [0, 0.1) is 6.92 Å². The van der Waals surface area contributed by atoms with Crippen LogP contribution in [0.1, 0.15) is 17.3 Å². The molecule has 0 aromatic carbocycles. The van der Waals surface area contributed by atoms with Gasteiger partial charge in [-0.05, 0) is 6.92 Å². The summed E-state index contributed by atoms with van der Waals surface area (Å²) in [6.07, 6.45) is 1.54. The largest absolute Gasteiger partial charge is 0.392 e. The van der Waals surface area contributed by atoms with E-state index in [4.69, 9.17) is 9.63 Å². The van der Waals surface area contributed by atoms with Crippen LogP contribution in [-0.4, -0.2) is 40.4 Å². The Morgan fingerprint density at radius 2 is 2.32 bits per heavy atom. The van der Waals surface area contributed by atoms with Crippen molar-refractivity contribution in [3.63, 3.8) is 0 Å². The van der Waals surface area contributed by atoms with Crippen LogP contribution in [-0.2, 0) is 23.1 Å². The van der Waals surface area contributed by atoms with Crippen molar-refractivity contribution >= 4 is 10.0 Å². The second kappa shape index (κ2) is 5.47. The summed E-state index contributed by atoms with van der Waals surface area (Å²) in [6.45, 7) is 1.37. The fraction of sp³-hybridized carbons (Fsp3) is 0.444. The minimum atomic E-state index is -3.74. The number of H-pyrrole nitrogens is 1. The number of hydrogen-bond acceptors (Lipinski definition) is 7. The maximum Gasteiger partial charge on any atom is 0.257 e. The van der Waals surface area contributed by atoms with Crippen molar-refractivity contribution in [2.45, 2.75) is 25.0 Å². The van der Waals surface area contributed by atoms with Gasteiger partial charge in [-0.1, -0.05) is 5.16 Å². The van der Waals surface area contributed by atoms with E-state index in [0.717, 1.165) is 0 Å². The van der Waals surface area contributed by atoms with Crippen molar-refractivity contribution < 1.29 is 18.0 Å². The van der Waals surface area contributed by atoms with Crippen molar-refractivity contribution in [3.05, 3.63) is 23.5 Å². The van der Waals surface area contributed by atoms with Gasteiger partial charge in [0.2, 0.25) is 5.89 Å². The van der Waals surface area contributed by atoms with Gasteiger partial charge >= 0.3 is 0 Å². The number of aliphatic hydroxyl groups is 1. The number of aromatic nitrogens is 4. The van der Waals surface area contributed by atoms with E-state index < -0.39 is 16.6 Å². The molecule has 2 rings (SSSR count). The molecule has 2 aromatic heterocycles. The van der Waals surface area contributed by atoms with Crippen molar-refractivity contribution in [2.24, 2.45) is 0 Å². The number of nitrogens with zero attached hydrogens (tertiary/aromatic N) is 3. The molecule has 0 amide bonds. The minimum Gasteiger partial charge on any atom is -0.392 e. The zero-order chi connectivity index (χ0) is 13.9. The number of hydrogen-bond donors (Lipinski definition) is 3. The van der Waals surface area contributed by atoms with E-state index in [1.54, 1.807) is 6.92 Å². The topological polar surface area (TPSA) is 134 Å². The van der Waals surface area contributed by atoms with Crippen molar-refractivity contribution in [2.75, 3.05) is 6.54 Å². The van der Waals surface area contributed by atoms with E-state index in [-0.39, 0.29) is 23.6 Å². The summed E-state index contributed by atoms with van der Waals surface area (Å²) in [5.74, 6) is 0.848. The van der Waals surface area contributed by atoms with E-state index in [1.807, 2.05) is 0 Å². The average Bonchev–Trinajstić information content (AvgIpc) is 2.97. The molecule has 0 spiro atoms. The predicted molar refractivity (Wildman–Crippen MR) is 62.4 cm³/mol. The number of rotatable bonds is 6. The molecule has 2 aromatic rings. The SMILES string of the molecule is Cc1noc(CCNS(=O)(=O)c2[nH]ncc2CO)n1. The quantitative estimate of drug-likeness (QED) is 0.627. The lowest BCUT2D eigenvalue weighted by molar-refractivity contribution is 0.278. The zero-order valence-electron chi connectivity index (χ0n) is 10.1. The van der Waals surface area contributed by atoms with Crippen LogP contribution in [0.3, 0.4) is 0 Å². The van der Waals surface area contributed by atoms with E-state index in [2.05, 4.69) is 25.1 Å². The predicted octanol–water partition coefficient (Wildman–Crippen LogP) is -0.886. The van der Waals surface area contributed by atoms with E-state index >= 15 is 0 Å². The third-order valence-corrected chi connectivity index (χ3v) is 3.79. The average molecular weight is 287 g/mol. The van der Waals surface area contributed by atoms with Crippen LogP contribution in [0.4, 0.5) is 0 Å². The smallest absolute Gasteiger partial charge is 0.257 e. The maximum atomic E-state index is 11.9. The molecule has 3 N–H and O–H groups in total. The second-order valence-electron chi connectivity index (χ2n) is 3.77. The Labute approximate surface area is 109 Å². The molecule has 0 aliphatic carbocycles.